The van der Waals surface area contributed by atoms with Crippen molar-refractivity contribution < 1.29 is 14.3 Å². The van der Waals surface area contributed by atoms with Crippen LogP contribution in [0.2, 0.25) is 0 Å². The minimum Gasteiger partial charge on any atom is -0.463 e. The summed E-state index contributed by atoms with van der Waals surface area (Å²) in [6.07, 6.45) is 2.34. The smallest absolute Gasteiger partial charge is 0.343 e. The fraction of sp³-hybridized carbons (Fsp3) is 0.778. The second kappa shape index (κ2) is 5.94. The number of hydrogen-bond acceptors (Lipinski definition) is 4. The third kappa shape index (κ3) is 3.74. The fourth-order valence-corrected chi connectivity index (χ4v) is 1.02. The maximum Gasteiger partial charge on any atom is 0.343 e. The van der Waals surface area contributed by atoms with Gasteiger partial charge in [0.05, 0.1) is 13.2 Å². The van der Waals surface area contributed by atoms with Crippen molar-refractivity contribution in [2.75, 3.05) is 26.3 Å². The highest BCUT2D eigenvalue weighted by molar-refractivity contribution is 5.83. The maximum absolute atomic E-state index is 11.2. The molecule has 13 heavy (non-hydrogen) atoms. The first-order chi connectivity index (χ1) is 6.34. The van der Waals surface area contributed by atoms with E-state index in [4.69, 9.17) is 9.47 Å². The van der Waals surface area contributed by atoms with Gasteiger partial charge in [-0.1, -0.05) is 13.3 Å². The van der Waals surface area contributed by atoms with E-state index in [9.17, 15) is 4.79 Å². The summed E-state index contributed by atoms with van der Waals surface area (Å²) in [5, 5.41) is 3.04. The Balaban J connectivity index is 2.13. The molecule has 0 amide bonds. The van der Waals surface area contributed by atoms with Crippen molar-refractivity contribution in [2.45, 2.75) is 19.8 Å². The van der Waals surface area contributed by atoms with Crippen LogP contribution in [-0.2, 0) is 14.3 Å². The lowest BCUT2D eigenvalue weighted by molar-refractivity contribution is -0.149. The van der Waals surface area contributed by atoms with Gasteiger partial charge < -0.3 is 14.8 Å². The van der Waals surface area contributed by atoms with Gasteiger partial charge in [-0.25, -0.2) is 4.79 Å². The topological polar surface area (TPSA) is 47.6 Å². The standard InChI is InChI=1S/C9H16NO3/c1-2-3-5-13-9(11)8-7-10-4-6-12-8/h10H,2-7H2,1H3. The molecule has 0 aromatic rings. The number of carbonyl (C=O) groups excluding carboxylic acids is 1. The van der Waals surface area contributed by atoms with Gasteiger partial charge >= 0.3 is 5.97 Å². The molecule has 75 valence electrons. The molecule has 0 spiro atoms. The van der Waals surface area contributed by atoms with E-state index >= 15 is 0 Å². The normalized spacial score (nSPS) is 18.5. The molecule has 1 radical (unpaired) electrons. The van der Waals surface area contributed by atoms with E-state index in [-0.39, 0.29) is 5.97 Å². The summed E-state index contributed by atoms with van der Waals surface area (Å²) in [4.78, 5) is 11.2. The Hall–Kier alpha value is -0.610. The van der Waals surface area contributed by atoms with Gasteiger partial charge in [-0.2, -0.15) is 0 Å². The highest BCUT2D eigenvalue weighted by Crippen LogP contribution is 2.07. The van der Waals surface area contributed by atoms with Gasteiger partial charge in [0.2, 0.25) is 6.10 Å². The Labute approximate surface area is 78.6 Å². The van der Waals surface area contributed by atoms with Crippen LogP contribution in [-0.4, -0.2) is 32.3 Å². The first-order valence-electron chi connectivity index (χ1n) is 4.71. The number of carbonyl (C=O) groups is 1. The van der Waals surface area contributed by atoms with E-state index < -0.39 is 0 Å². The average molecular weight is 186 g/mol. The molecule has 0 aromatic carbocycles. The zero-order chi connectivity index (χ0) is 9.52. The molecule has 1 saturated heterocycles. The third-order valence-electron chi connectivity index (χ3n) is 1.80. The van der Waals surface area contributed by atoms with Gasteiger partial charge in [0.1, 0.15) is 0 Å². The number of nitrogens with one attached hydrogen (secondary N) is 1. The highest BCUT2D eigenvalue weighted by atomic mass is 16.6. The largest absolute Gasteiger partial charge is 0.463 e. The minimum absolute atomic E-state index is 0.319. The average Bonchev–Trinajstić information content (AvgIpc) is 2.19. The summed E-state index contributed by atoms with van der Waals surface area (Å²) in [5.41, 5.74) is 0. The quantitative estimate of drug-likeness (QED) is 0.512. The van der Waals surface area contributed by atoms with Crippen LogP contribution < -0.4 is 5.32 Å². The molecule has 4 nitrogen and oxygen atoms in total. The van der Waals surface area contributed by atoms with Crippen molar-refractivity contribution in [3.63, 3.8) is 0 Å². The third-order valence-corrected chi connectivity index (χ3v) is 1.80. The van der Waals surface area contributed by atoms with E-state index in [0.717, 1.165) is 19.4 Å². The first kappa shape index (κ1) is 10.5. The summed E-state index contributed by atoms with van der Waals surface area (Å²) in [6, 6.07) is 0. The van der Waals surface area contributed by atoms with Crippen molar-refractivity contribution in [2.24, 2.45) is 0 Å². The summed E-state index contributed by atoms with van der Waals surface area (Å²) in [5.74, 6) is -0.319. The molecule has 1 N–H and O–H groups in total. The SMILES string of the molecule is CCCCOC(=O)[C]1CNCCO1. The molecule has 0 atom stereocenters. The molecular formula is C9H16NO3. The number of unbranched alkanes of at least 4 members (excludes halogenated alkanes) is 1. The van der Waals surface area contributed by atoms with Crippen molar-refractivity contribution in [3.05, 3.63) is 6.10 Å². The number of morpholine rings is 1. The Kier molecular flexibility index (Phi) is 4.78. The van der Waals surface area contributed by atoms with Crippen LogP contribution in [0.3, 0.4) is 0 Å². The number of hydrogen-bond donors (Lipinski definition) is 1. The fourth-order valence-electron chi connectivity index (χ4n) is 1.02. The summed E-state index contributed by atoms with van der Waals surface area (Å²) >= 11 is 0. The van der Waals surface area contributed by atoms with Crippen LogP contribution >= 0.6 is 0 Å². The Morgan fingerprint density at radius 2 is 2.54 bits per heavy atom. The zero-order valence-corrected chi connectivity index (χ0v) is 7.97. The molecule has 0 aliphatic carbocycles. The van der Waals surface area contributed by atoms with Crippen molar-refractivity contribution in [1.82, 2.24) is 5.32 Å². The van der Waals surface area contributed by atoms with Crippen LogP contribution in [0.4, 0.5) is 0 Å². The first-order valence-corrected chi connectivity index (χ1v) is 4.71. The molecule has 1 rings (SSSR count). The van der Waals surface area contributed by atoms with E-state index in [2.05, 4.69) is 12.2 Å². The van der Waals surface area contributed by atoms with Gasteiger partial charge in [0.15, 0.2) is 0 Å². The summed E-state index contributed by atoms with van der Waals surface area (Å²) < 4.78 is 10.1. The molecular weight excluding hydrogens is 170 g/mol. The predicted octanol–water partition coefficient (Wildman–Crippen LogP) is 0.481. The van der Waals surface area contributed by atoms with Crippen molar-refractivity contribution in [1.29, 1.82) is 0 Å². The number of rotatable bonds is 4. The van der Waals surface area contributed by atoms with Crippen molar-refractivity contribution >= 4 is 5.97 Å². The van der Waals surface area contributed by atoms with E-state index in [0.29, 0.717) is 25.9 Å². The van der Waals surface area contributed by atoms with Gasteiger partial charge in [0.25, 0.3) is 0 Å². The van der Waals surface area contributed by atoms with Crippen molar-refractivity contribution in [3.8, 4) is 0 Å². The minimum atomic E-state index is -0.319. The van der Waals surface area contributed by atoms with E-state index in [1.807, 2.05) is 0 Å². The van der Waals surface area contributed by atoms with E-state index in [1.54, 1.807) is 0 Å². The van der Waals surface area contributed by atoms with Crippen LogP contribution in [0.5, 0.6) is 0 Å². The molecule has 0 saturated carbocycles. The number of ether oxygens (including phenoxy) is 2. The Morgan fingerprint density at radius 1 is 1.69 bits per heavy atom. The molecule has 0 bridgehead atoms. The molecule has 1 aliphatic heterocycles. The molecule has 1 aliphatic rings. The van der Waals surface area contributed by atoms with Gasteiger partial charge in [-0.05, 0) is 6.42 Å². The Bertz CT molecular complexity index is 155. The monoisotopic (exact) mass is 186 g/mol. The van der Waals surface area contributed by atoms with Crippen LogP contribution in [0.25, 0.3) is 0 Å². The van der Waals surface area contributed by atoms with Gasteiger partial charge in [-0.3, -0.25) is 0 Å². The Morgan fingerprint density at radius 3 is 3.15 bits per heavy atom. The lowest BCUT2D eigenvalue weighted by Gasteiger charge is -2.20. The molecule has 1 fully saturated rings. The predicted molar refractivity (Wildman–Crippen MR) is 47.9 cm³/mol. The molecule has 0 aromatic heterocycles. The maximum atomic E-state index is 11.2. The molecule has 4 heteroatoms. The molecule has 0 unspecified atom stereocenters. The lowest BCUT2D eigenvalue weighted by Crippen LogP contribution is -2.38. The summed E-state index contributed by atoms with van der Waals surface area (Å²) in [7, 11) is 0. The van der Waals surface area contributed by atoms with Crippen LogP contribution in [0.1, 0.15) is 19.8 Å². The van der Waals surface area contributed by atoms with E-state index in [1.165, 1.54) is 0 Å². The zero-order valence-electron chi connectivity index (χ0n) is 7.97. The highest BCUT2D eigenvalue weighted by Gasteiger charge is 2.24. The molecule has 1 heterocycles. The van der Waals surface area contributed by atoms with Crippen LogP contribution in [0, 0.1) is 6.10 Å². The summed E-state index contributed by atoms with van der Waals surface area (Å²) in [6.45, 7) is 4.39. The van der Waals surface area contributed by atoms with Crippen LogP contribution in [0.15, 0.2) is 0 Å². The van der Waals surface area contributed by atoms with Gasteiger partial charge in [-0.15, -0.1) is 0 Å². The number of esters is 1. The lowest BCUT2D eigenvalue weighted by atomic mass is 10.3. The second-order valence-corrected chi connectivity index (χ2v) is 2.94. The second-order valence-electron chi connectivity index (χ2n) is 2.94. The van der Waals surface area contributed by atoms with Gasteiger partial charge in [0, 0.05) is 13.1 Å².